The molecule has 19 heavy (non-hydrogen) atoms. The van der Waals surface area contributed by atoms with Crippen molar-refractivity contribution >= 4 is 17.7 Å². The molecule has 104 valence electrons. The average molecular weight is 278 g/mol. The van der Waals surface area contributed by atoms with Gasteiger partial charge in [0.1, 0.15) is 0 Å². The monoisotopic (exact) mass is 278 g/mol. The summed E-state index contributed by atoms with van der Waals surface area (Å²) in [7, 11) is 1.91. The van der Waals surface area contributed by atoms with E-state index in [-0.39, 0.29) is 5.91 Å². The Labute approximate surface area is 119 Å². The molecule has 0 radical (unpaired) electrons. The largest absolute Gasteiger partial charge is 0.338 e. The van der Waals surface area contributed by atoms with E-state index >= 15 is 0 Å². The summed E-state index contributed by atoms with van der Waals surface area (Å²) in [5.41, 5.74) is 6.62. The number of hydrogen-bond donors (Lipinski definition) is 1. The molecule has 1 fully saturated rings. The Balaban J connectivity index is 2.19. The molecule has 0 aromatic heterocycles. The van der Waals surface area contributed by atoms with Gasteiger partial charge in [0.15, 0.2) is 0 Å². The van der Waals surface area contributed by atoms with Gasteiger partial charge in [-0.2, -0.15) is 0 Å². The van der Waals surface area contributed by atoms with Crippen LogP contribution in [0, 0.1) is 5.92 Å². The van der Waals surface area contributed by atoms with Crippen LogP contribution in [0.25, 0.3) is 0 Å². The lowest BCUT2D eigenvalue weighted by Crippen LogP contribution is -2.41. The lowest BCUT2D eigenvalue weighted by atomic mass is 10.0. The zero-order valence-electron chi connectivity index (χ0n) is 11.6. The number of carbonyl (C=O) groups excluding carboxylic acids is 1. The summed E-state index contributed by atoms with van der Waals surface area (Å²) in [6, 6.07) is 8.11. The van der Waals surface area contributed by atoms with Crippen molar-refractivity contribution in [2.45, 2.75) is 30.2 Å². The van der Waals surface area contributed by atoms with Gasteiger partial charge < -0.3 is 10.6 Å². The Kier molecular flexibility index (Phi) is 4.88. The van der Waals surface area contributed by atoms with E-state index < -0.39 is 0 Å². The van der Waals surface area contributed by atoms with E-state index in [0.29, 0.717) is 18.5 Å². The molecule has 1 saturated carbocycles. The number of nitrogens with two attached hydrogens (primary N) is 1. The highest BCUT2D eigenvalue weighted by atomic mass is 32.2. The third-order valence-electron chi connectivity index (χ3n) is 4.08. The van der Waals surface area contributed by atoms with Crippen molar-refractivity contribution in [1.82, 2.24) is 4.90 Å². The third-order valence-corrected chi connectivity index (χ3v) is 4.87. The first kappa shape index (κ1) is 14.4. The molecule has 2 atom stereocenters. The Morgan fingerprint density at radius 2 is 2.16 bits per heavy atom. The molecule has 2 rings (SSSR count). The topological polar surface area (TPSA) is 46.3 Å². The van der Waals surface area contributed by atoms with Crippen LogP contribution in [0.4, 0.5) is 0 Å². The van der Waals surface area contributed by atoms with Gasteiger partial charge in [0.05, 0.1) is 5.56 Å². The van der Waals surface area contributed by atoms with E-state index in [9.17, 15) is 4.79 Å². The minimum Gasteiger partial charge on any atom is -0.338 e. The van der Waals surface area contributed by atoms with Crippen molar-refractivity contribution in [2.24, 2.45) is 11.7 Å². The second kappa shape index (κ2) is 6.44. The van der Waals surface area contributed by atoms with Gasteiger partial charge in [0.25, 0.3) is 5.91 Å². The zero-order valence-corrected chi connectivity index (χ0v) is 12.5. The van der Waals surface area contributed by atoms with Crippen LogP contribution >= 0.6 is 11.8 Å². The standard InChI is InChI=1S/C15H22N2OS/c1-17(13-8-5-6-11(13)10-16)15(18)12-7-3-4-9-14(12)19-2/h3-4,7,9,11,13H,5-6,8,10,16H2,1-2H3. The van der Waals surface area contributed by atoms with Gasteiger partial charge in [-0.05, 0) is 43.7 Å². The zero-order chi connectivity index (χ0) is 13.8. The predicted octanol–water partition coefficient (Wildman–Crippen LogP) is 2.61. The van der Waals surface area contributed by atoms with Crippen LogP contribution < -0.4 is 5.73 Å². The summed E-state index contributed by atoms with van der Waals surface area (Å²) >= 11 is 1.62. The van der Waals surface area contributed by atoms with Crippen LogP contribution in [0.3, 0.4) is 0 Å². The molecule has 0 bridgehead atoms. The van der Waals surface area contributed by atoms with Crippen molar-refractivity contribution in [3.05, 3.63) is 29.8 Å². The van der Waals surface area contributed by atoms with E-state index in [4.69, 9.17) is 5.73 Å². The highest BCUT2D eigenvalue weighted by Crippen LogP contribution is 2.30. The van der Waals surface area contributed by atoms with Crippen molar-refractivity contribution in [3.8, 4) is 0 Å². The Morgan fingerprint density at radius 3 is 2.84 bits per heavy atom. The maximum Gasteiger partial charge on any atom is 0.254 e. The van der Waals surface area contributed by atoms with Gasteiger partial charge >= 0.3 is 0 Å². The average Bonchev–Trinajstić information content (AvgIpc) is 2.94. The van der Waals surface area contributed by atoms with E-state index in [2.05, 4.69) is 0 Å². The quantitative estimate of drug-likeness (QED) is 0.861. The minimum atomic E-state index is 0.121. The van der Waals surface area contributed by atoms with Gasteiger partial charge in [-0.1, -0.05) is 18.6 Å². The van der Waals surface area contributed by atoms with Gasteiger partial charge in [-0.25, -0.2) is 0 Å². The van der Waals surface area contributed by atoms with Crippen LogP contribution in [0.2, 0.25) is 0 Å². The second-order valence-electron chi connectivity index (χ2n) is 5.11. The number of rotatable bonds is 4. The SMILES string of the molecule is CSc1ccccc1C(=O)N(C)C1CCCC1CN. The van der Waals surface area contributed by atoms with Gasteiger partial charge in [0, 0.05) is 18.0 Å². The molecule has 0 saturated heterocycles. The fourth-order valence-corrected chi connectivity index (χ4v) is 3.55. The molecule has 2 unspecified atom stereocenters. The smallest absolute Gasteiger partial charge is 0.254 e. The predicted molar refractivity (Wildman–Crippen MR) is 80.5 cm³/mol. The first-order valence-electron chi connectivity index (χ1n) is 6.79. The van der Waals surface area contributed by atoms with Crippen molar-refractivity contribution in [1.29, 1.82) is 0 Å². The maximum atomic E-state index is 12.6. The molecule has 4 heteroatoms. The summed E-state index contributed by atoms with van der Waals surface area (Å²) in [5.74, 6) is 0.575. The molecular weight excluding hydrogens is 256 g/mol. The summed E-state index contributed by atoms with van der Waals surface area (Å²) in [6.45, 7) is 0.673. The second-order valence-corrected chi connectivity index (χ2v) is 5.96. The highest BCUT2D eigenvalue weighted by molar-refractivity contribution is 7.98. The van der Waals surface area contributed by atoms with Gasteiger partial charge in [0.2, 0.25) is 0 Å². The number of hydrogen-bond acceptors (Lipinski definition) is 3. The normalized spacial score (nSPS) is 22.5. The Hall–Kier alpha value is -1.00. The molecular formula is C15H22N2OS. The van der Waals surface area contributed by atoms with Crippen LogP contribution in [0.15, 0.2) is 29.2 Å². The molecule has 1 aliphatic carbocycles. The molecule has 0 spiro atoms. The number of thioether (sulfide) groups is 1. The highest BCUT2D eigenvalue weighted by Gasteiger charge is 2.32. The van der Waals surface area contributed by atoms with E-state index in [1.54, 1.807) is 11.8 Å². The van der Waals surface area contributed by atoms with E-state index in [1.807, 2.05) is 42.5 Å². The molecule has 0 heterocycles. The number of benzene rings is 1. The molecule has 0 aliphatic heterocycles. The first-order chi connectivity index (χ1) is 9.19. The number of amides is 1. The molecule has 1 aromatic rings. The summed E-state index contributed by atoms with van der Waals surface area (Å²) in [4.78, 5) is 15.6. The molecule has 1 amide bonds. The van der Waals surface area contributed by atoms with Crippen LogP contribution in [0.1, 0.15) is 29.6 Å². The van der Waals surface area contributed by atoms with Crippen molar-refractivity contribution in [2.75, 3.05) is 19.8 Å². The first-order valence-corrected chi connectivity index (χ1v) is 8.01. The van der Waals surface area contributed by atoms with Gasteiger partial charge in [-0.3, -0.25) is 4.79 Å². The molecule has 1 aromatic carbocycles. The lowest BCUT2D eigenvalue weighted by Gasteiger charge is -2.29. The molecule has 1 aliphatic rings. The summed E-state index contributed by atoms with van der Waals surface area (Å²) in [5, 5.41) is 0. The third kappa shape index (κ3) is 2.95. The molecule has 2 N–H and O–H groups in total. The minimum absolute atomic E-state index is 0.121. The van der Waals surface area contributed by atoms with Crippen molar-refractivity contribution in [3.63, 3.8) is 0 Å². The van der Waals surface area contributed by atoms with E-state index in [1.165, 1.54) is 6.42 Å². The van der Waals surface area contributed by atoms with Crippen LogP contribution in [0.5, 0.6) is 0 Å². The molecule has 3 nitrogen and oxygen atoms in total. The fourth-order valence-electron chi connectivity index (χ4n) is 2.96. The van der Waals surface area contributed by atoms with Crippen LogP contribution in [-0.2, 0) is 0 Å². The van der Waals surface area contributed by atoms with Gasteiger partial charge in [-0.15, -0.1) is 11.8 Å². The fraction of sp³-hybridized carbons (Fsp3) is 0.533. The Morgan fingerprint density at radius 1 is 1.42 bits per heavy atom. The maximum absolute atomic E-state index is 12.6. The number of nitrogens with zero attached hydrogens (tertiary/aromatic N) is 1. The summed E-state index contributed by atoms with van der Waals surface area (Å²) in [6.07, 6.45) is 5.40. The van der Waals surface area contributed by atoms with E-state index in [0.717, 1.165) is 23.3 Å². The van der Waals surface area contributed by atoms with Crippen LogP contribution in [-0.4, -0.2) is 36.7 Å². The van der Waals surface area contributed by atoms with Crippen molar-refractivity contribution < 1.29 is 4.79 Å². The Bertz CT molecular complexity index is 450. The summed E-state index contributed by atoms with van der Waals surface area (Å²) < 4.78 is 0. The lowest BCUT2D eigenvalue weighted by molar-refractivity contribution is 0.0696. The number of carbonyl (C=O) groups is 1.